The van der Waals surface area contributed by atoms with E-state index in [-0.39, 0.29) is 17.1 Å². The number of aromatic nitrogens is 3. The van der Waals surface area contributed by atoms with Crippen LogP contribution in [0.25, 0.3) is 5.69 Å². The quantitative estimate of drug-likeness (QED) is 0.484. The summed E-state index contributed by atoms with van der Waals surface area (Å²) in [4.78, 5) is 12.8. The van der Waals surface area contributed by atoms with Crippen molar-refractivity contribution >= 4 is 17.7 Å². The third-order valence-electron chi connectivity index (χ3n) is 6.26. The van der Waals surface area contributed by atoms with Crippen molar-refractivity contribution in [3.05, 3.63) is 66.0 Å². The molecule has 2 heterocycles. The lowest BCUT2D eigenvalue weighted by atomic mass is 9.74. The number of rotatable bonds is 9. The normalized spacial score (nSPS) is 15.2. The molecule has 0 atom stereocenters. The van der Waals surface area contributed by atoms with E-state index < -0.39 is 0 Å². The van der Waals surface area contributed by atoms with E-state index in [1.807, 2.05) is 28.8 Å². The molecule has 1 amide bonds. The molecule has 1 aliphatic heterocycles. The maximum atomic E-state index is 12.8. The third-order valence-corrected chi connectivity index (χ3v) is 7.20. The van der Waals surface area contributed by atoms with Gasteiger partial charge in [-0.05, 0) is 48.6 Å². The number of para-hydroxylation sites is 1. The second-order valence-corrected chi connectivity index (χ2v) is 9.09. The largest absolute Gasteiger partial charge is 0.497 e. The number of nitrogens with one attached hydrogen (secondary N) is 1. The van der Waals surface area contributed by atoms with Crippen molar-refractivity contribution in [1.82, 2.24) is 20.1 Å². The summed E-state index contributed by atoms with van der Waals surface area (Å²) in [5, 5.41) is 12.2. The van der Waals surface area contributed by atoms with E-state index in [1.165, 1.54) is 22.9 Å². The molecule has 0 spiro atoms. The molecule has 7 nitrogen and oxygen atoms in total. The van der Waals surface area contributed by atoms with Crippen molar-refractivity contribution in [1.29, 1.82) is 0 Å². The van der Waals surface area contributed by atoms with Gasteiger partial charge >= 0.3 is 0 Å². The van der Waals surface area contributed by atoms with Gasteiger partial charge in [0.2, 0.25) is 5.91 Å². The van der Waals surface area contributed by atoms with Crippen molar-refractivity contribution in [2.75, 3.05) is 32.6 Å². The highest BCUT2D eigenvalue weighted by atomic mass is 32.2. The topological polar surface area (TPSA) is 78.3 Å². The number of methoxy groups -OCH3 is 1. The van der Waals surface area contributed by atoms with E-state index in [2.05, 4.69) is 46.7 Å². The van der Waals surface area contributed by atoms with Gasteiger partial charge in [0.1, 0.15) is 12.1 Å². The fraction of sp³-hybridized carbons (Fsp3) is 0.400. The Kier molecular flexibility index (Phi) is 7.67. The highest BCUT2D eigenvalue weighted by Crippen LogP contribution is 2.35. The zero-order valence-electron chi connectivity index (χ0n) is 19.1. The molecule has 2 aromatic carbocycles. The lowest BCUT2D eigenvalue weighted by Gasteiger charge is -2.38. The van der Waals surface area contributed by atoms with Crippen LogP contribution in [0, 0.1) is 0 Å². The number of thioether (sulfide) groups is 1. The molecule has 8 heteroatoms. The molecular weight excluding hydrogens is 436 g/mol. The molecule has 0 unspecified atom stereocenters. The van der Waals surface area contributed by atoms with Gasteiger partial charge in [-0.15, -0.1) is 10.2 Å². The standard InChI is InChI=1S/C25H30N4O3S/c1-3-19-6-4-5-7-22(19)29-18-27-28-24(29)33-16-23(30)26-17-25(12-14-32-15-13-25)20-8-10-21(31-2)11-9-20/h4-11,18H,3,12-17H2,1-2H3,(H,26,30). The van der Waals surface area contributed by atoms with Crippen LogP contribution in [0.15, 0.2) is 60.0 Å². The third kappa shape index (κ3) is 5.39. The lowest BCUT2D eigenvalue weighted by molar-refractivity contribution is -0.119. The smallest absolute Gasteiger partial charge is 0.230 e. The summed E-state index contributed by atoms with van der Waals surface area (Å²) in [6.45, 7) is 4.08. The molecule has 4 rings (SSSR count). The molecule has 0 bridgehead atoms. The number of hydrogen-bond acceptors (Lipinski definition) is 6. The number of hydrogen-bond donors (Lipinski definition) is 1. The molecular formula is C25H30N4O3S. The predicted molar refractivity (Wildman–Crippen MR) is 129 cm³/mol. The first-order valence-corrected chi connectivity index (χ1v) is 12.2. The van der Waals surface area contributed by atoms with Gasteiger partial charge in [0.25, 0.3) is 0 Å². The summed E-state index contributed by atoms with van der Waals surface area (Å²) in [5.74, 6) is 1.09. The van der Waals surface area contributed by atoms with E-state index >= 15 is 0 Å². The molecule has 0 saturated carbocycles. The number of carbonyl (C=O) groups is 1. The first kappa shape index (κ1) is 23.3. The van der Waals surface area contributed by atoms with Crippen molar-refractivity contribution in [3.63, 3.8) is 0 Å². The van der Waals surface area contributed by atoms with E-state index in [4.69, 9.17) is 9.47 Å². The van der Waals surface area contributed by atoms with Crippen molar-refractivity contribution in [2.24, 2.45) is 0 Å². The number of ether oxygens (including phenoxy) is 2. The molecule has 1 N–H and O–H groups in total. The second-order valence-electron chi connectivity index (χ2n) is 8.15. The van der Waals surface area contributed by atoms with Crippen LogP contribution in [-0.4, -0.2) is 53.3 Å². The monoisotopic (exact) mass is 466 g/mol. The molecule has 1 aliphatic rings. The summed E-state index contributed by atoms with van der Waals surface area (Å²) < 4.78 is 12.9. The zero-order valence-corrected chi connectivity index (χ0v) is 19.9. The Bertz CT molecular complexity index is 1060. The summed E-state index contributed by atoms with van der Waals surface area (Å²) in [5.41, 5.74) is 3.33. The minimum absolute atomic E-state index is 0.0160. The van der Waals surface area contributed by atoms with Crippen LogP contribution in [0.3, 0.4) is 0 Å². The molecule has 1 aromatic heterocycles. The number of nitrogens with zero attached hydrogens (tertiary/aromatic N) is 3. The van der Waals surface area contributed by atoms with Crippen LogP contribution >= 0.6 is 11.8 Å². The van der Waals surface area contributed by atoms with Gasteiger partial charge < -0.3 is 14.8 Å². The average Bonchev–Trinajstić information content (AvgIpc) is 3.35. The molecule has 0 aliphatic carbocycles. The first-order chi connectivity index (χ1) is 16.1. The molecule has 0 radical (unpaired) electrons. The Balaban J connectivity index is 1.40. The minimum Gasteiger partial charge on any atom is -0.497 e. The van der Waals surface area contributed by atoms with Crippen LogP contribution in [-0.2, 0) is 21.4 Å². The van der Waals surface area contributed by atoms with E-state index in [1.54, 1.807) is 13.4 Å². The van der Waals surface area contributed by atoms with Gasteiger partial charge in [0, 0.05) is 25.2 Å². The number of amides is 1. The van der Waals surface area contributed by atoms with Crippen LogP contribution in [0.5, 0.6) is 5.75 Å². The summed E-state index contributed by atoms with van der Waals surface area (Å²) in [6.07, 6.45) is 4.36. The number of carbonyl (C=O) groups excluding carboxylic acids is 1. The Morgan fingerprint density at radius 1 is 1.18 bits per heavy atom. The van der Waals surface area contributed by atoms with Crippen LogP contribution in [0.2, 0.25) is 0 Å². The van der Waals surface area contributed by atoms with Crippen molar-refractivity contribution in [3.8, 4) is 11.4 Å². The van der Waals surface area contributed by atoms with Crippen LogP contribution < -0.4 is 10.1 Å². The maximum Gasteiger partial charge on any atom is 0.230 e. The second kappa shape index (κ2) is 10.9. The Morgan fingerprint density at radius 3 is 2.67 bits per heavy atom. The Labute approximate surface area is 198 Å². The molecule has 3 aromatic rings. The Hall–Kier alpha value is -2.84. The van der Waals surface area contributed by atoms with Crippen LogP contribution in [0.4, 0.5) is 0 Å². The summed E-state index contributed by atoms with van der Waals surface area (Å²) in [7, 11) is 1.67. The van der Waals surface area contributed by atoms with Crippen molar-refractivity contribution < 1.29 is 14.3 Å². The van der Waals surface area contributed by atoms with E-state index in [0.29, 0.717) is 24.9 Å². The molecule has 33 heavy (non-hydrogen) atoms. The predicted octanol–water partition coefficient (Wildman–Crippen LogP) is 3.80. The highest BCUT2D eigenvalue weighted by Gasteiger charge is 2.35. The zero-order chi connectivity index (χ0) is 23.1. The fourth-order valence-corrected chi connectivity index (χ4v) is 5.01. The minimum atomic E-state index is -0.134. The summed E-state index contributed by atoms with van der Waals surface area (Å²) in [6, 6.07) is 16.3. The molecule has 1 fully saturated rings. The average molecular weight is 467 g/mol. The van der Waals surface area contributed by atoms with E-state index in [0.717, 1.165) is 30.7 Å². The molecule has 1 saturated heterocycles. The van der Waals surface area contributed by atoms with Gasteiger partial charge in [-0.3, -0.25) is 9.36 Å². The van der Waals surface area contributed by atoms with E-state index in [9.17, 15) is 4.79 Å². The van der Waals surface area contributed by atoms with Gasteiger partial charge in [0.15, 0.2) is 5.16 Å². The Morgan fingerprint density at radius 2 is 1.94 bits per heavy atom. The fourth-order valence-electron chi connectivity index (χ4n) is 4.26. The van der Waals surface area contributed by atoms with Gasteiger partial charge in [0.05, 0.1) is 18.6 Å². The highest BCUT2D eigenvalue weighted by molar-refractivity contribution is 7.99. The summed E-state index contributed by atoms with van der Waals surface area (Å²) >= 11 is 1.40. The SMILES string of the molecule is CCc1ccccc1-n1cnnc1SCC(=O)NCC1(c2ccc(OC)cc2)CCOCC1. The maximum absolute atomic E-state index is 12.8. The number of benzene rings is 2. The van der Waals surface area contributed by atoms with Gasteiger partial charge in [-0.25, -0.2) is 0 Å². The first-order valence-electron chi connectivity index (χ1n) is 11.3. The van der Waals surface area contributed by atoms with Gasteiger partial charge in [-0.2, -0.15) is 0 Å². The van der Waals surface area contributed by atoms with Crippen molar-refractivity contribution in [2.45, 2.75) is 36.8 Å². The molecule has 174 valence electrons. The van der Waals surface area contributed by atoms with Crippen LogP contribution in [0.1, 0.15) is 30.9 Å². The lowest BCUT2D eigenvalue weighted by Crippen LogP contribution is -2.45. The number of aryl methyl sites for hydroxylation is 1. The van der Waals surface area contributed by atoms with Gasteiger partial charge in [-0.1, -0.05) is 49.0 Å².